The van der Waals surface area contributed by atoms with Gasteiger partial charge in [0.15, 0.2) is 0 Å². The minimum atomic E-state index is 0.697. The quantitative estimate of drug-likeness (QED) is 0.886. The third-order valence-corrected chi connectivity index (χ3v) is 4.93. The van der Waals surface area contributed by atoms with Crippen LogP contribution in [0.15, 0.2) is 18.2 Å². The fraction of sp³-hybridized carbons (Fsp3) is 0.571. The molecule has 0 heterocycles. The molecule has 0 saturated heterocycles. The van der Waals surface area contributed by atoms with E-state index in [9.17, 15) is 0 Å². The fourth-order valence-electron chi connectivity index (χ4n) is 2.45. The van der Waals surface area contributed by atoms with Gasteiger partial charge in [0.25, 0.3) is 0 Å². The van der Waals surface area contributed by atoms with Gasteiger partial charge in [-0.15, -0.1) is 0 Å². The number of benzene rings is 1. The van der Waals surface area contributed by atoms with Gasteiger partial charge in [0.05, 0.1) is 0 Å². The predicted molar refractivity (Wildman–Crippen MR) is 78.0 cm³/mol. The molecule has 2 rings (SSSR count). The molecular formula is C14H20ClNS. The van der Waals surface area contributed by atoms with Crippen molar-refractivity contribution < 1.29 is 0 Å². The molecular weight excluding hydrogens is 250 g/mol. The molecule has 0 amide bonds. The van der Waals surface area contributed by atoms with Gasteiger partial charge in [-0.25, -0.2) is 0 Å². The van der Waals surface area contributed by atoms with E-state index in [0.29, 0.717) is 6.04 Å². The van der Waals surface area contributed by atoms with Crippen molar-refractivity contribution in [3.63, 3.8) is 0 Å². The first kappa shape index (κ1) is 13.3. The average Bonchev–Trinajstić information content (AvgIpc) is 2.76. The van der Waals surface area contributed by atoms with Gasteiger partial charge in [-0.1, -0.05) is 17.7 Å². The molecule has 2 unspecified atom stereocenters. The van der Waals surface area contributed by atoms with E-state index in [2.05, 4.69) is 24.6 Å². The first-order chi connectivity index (χ1) is 8.19. The van der Waals surface area contributed by atoms with Crippen molar-refractivity contribution in [2.45, 2.75) is 44.0 Å². The van der Waals surface area contributed by atoms with Crippen molar-refractivity contribution in [3.05, 3.63) is 34.3 Å². The normalized spacial score (nSPS) is 24.2. The van der Waals surface area contributed by atoms with Crippen LogP contribution < -0.4 is 5.32 Å². The number of aryl methyl sites for hydroxylation is 1. The Morgan fingerprint density at radius 3 is 2.88 bits per heavy atom. The second-order valence-corrected chi connectivity index (χ2v) is 6.39. The molecule has 17 heavy (non-hydrogen) atoms. The molecule has 1 aromatic carbocycles. The Hall–Kier alpha value is -0.180. The predicted octanol–water partition coefficient (Wildman–Crippen LogP) is 4.02. The number of halogens is 1. The van der Waals surface area contributed by atoms with Crippen LogP contribution in [-0.4, -0.2) is 17.5 Å². The summed E-state index contributed by atoms with van der Waals surface area (Å²) in [7, 11) is 0. The molecule has 0 spiro atoms. The van der Waals surface area contributed by atoms with Crippen molar-refractivity contribution in [3.8, 4) is 0 Å². The number of hydrogen-bond acceptors (Lipinski definition) is 2. The first-order valence-corrected chi connectivity index (χ1v) is 7.87. The van der Waals surface area contributed by atoms with Crippen molar-refractivity contribution >= 4 is 23.4 Å². The summed E-state index contributed by atoms with van der Waals surface area (Å²) in [6, 6.07) is 6.84. The summed E-state index contributed by atoms with van der Waals surface area (Å²) in [5.74, 6) is 0. The van der Waals surface area contributed by atoms with Crippen molar-refractivity contribution in [1.82, 2.24) is 5.32 Å². The smallest absolute Gasteiger partial charge is 0.0408 e. The highest BCUT2D eigenvalue weighted by Gasteiger charge is 2.23. The maximum atomic E-state index is 5.96. The first-order valence-electron chi connectivity index (χ1n) is 6.20. The van der Waals surface area contributed by atoms with E-state index in [-0.39, 0.29) is 0 Å². The Kier molecular flexibility index (Phi) is 4.78. The fourth-order valence-corrected chi connectivity index (χ4v) is 3.47. The lowest BCUT2D eigenvalue weighted by Crippen LogP contribution is -2.26. The van der Waals surface area contributed by atoms with Gasteiger partial charge in [-0.3, -0.25) is 0 Å². The van der Waals surface area contributed by atoms with Crippen molar-refractivity contribution in [1.29, 1.82) is 0 Å². The van der Waals surface area contributed by atoms with Crippen LogP contribution in [-0.2, 0) is 6.54 Å². The minimum absolute atomic E-state index is 0.697. The third kappa shape index (κ3) is 3.64. The SMILES string of the molecule is CSC1CCC(NCc2ccc(Cl)cc2C)C1. The van der Waals surface area contributed by atoms with Crippen LogP contribution in [0.25, 0.3) is 0 Å². The molecule has 1 fully saturated rings. The zero-order valence-corrected chi connectivity index (χ0v) is 12.1. The summed E-state index contributed by atoms with van der Waals surface area (Å²) < 4.78 is 0. The third-order valence-electron chi connectivity index (χ3n) is 3.60. The molecule has 1 N–H and O–H groups in total. The van der Waals surface area contributed by atoms with Gasteiger partial charge in [0.1, 0.15) is 0 Å². The highest BCUT2D eigenvalue weighted by molar-refractivity contribution is 7.99. The Bertz CT molecular complexity index is 380. The van der Waals surface area contributed by atoms with Crippen LogP contribution in [0.3, 0.4) is 0 Å². The molecule has 0 radical (unpaired) electrons. The van der Waals surface area contributed by atoms with Crippen LogP contribution in [0, 0.1) is 6.92 Å². The van der Waals surface area contributed by atoms with Gasteiger partial charge >= 0.3 is 0 Å². The number of hydrogen-bond donors (Lipinski definition) is 1. The highest BCUT2D eigenvalue weighted by Crippen LogP contribution is 2.28. The van der Waals surface area contributed by atoms with E-state index in [1.807, 2.05) is 23.9 Å². The summed E-state index contributed by atoms with van der Waals surface area (Å²) in [5, 5.41) is 5.35. The Labute approximate surface area is 113 Å². The van der Waals surface area contributed by atoms with Crippen LogP contribution in [0.1, 0.15) is 30.4 Å². The van der Waals surface area contributed by atoms with E-state index in [1.165, 1.54) is 30.4 Å². The van der Waals surface area contributed by atoms with Gasteiger partial charge < -0.3 is 5.32 Å². The molecule has 2 atom stereocenters. The molecule has 1 aliphatic carbocycles. The van der Waals surface area contributed by atoms with Crippen LogP contribution in [0.4, 0.5) is 0 Å². The van der Waals surface area contributed by atoms with E-state index in [1.54, 1.807) is 0 Å². The van der Waals surface area contributed by atoms with Crippen LogP contribution in [0.2, 0.25) is 5.02 Å². The molecule has 1 saturated carbocycles. The lowest BCUT2D eigenvalue weighted by atomic mass is 10.1. The van der Waals surface area contributed by atoms with Crippen LogP contribution in [0.5, 0.6) is 0 Å². The molecule has 1 aliphatic rings. The van der Waals surface area contributed by atoms with Crippen LogP contribution >= 0.6 is 23.4 Å². The average molecular weight is 270 g/mol. The molecule has 0 aliphatic heterocycles. The Morgan fingerprint density at radius 1 is 1.41 bits per heavy atom. The zero-order valence-electron chi connectivity index (χ0n) is 10.5. The standard InChI is InChI=1S/C14H20ClNS/c1-10-7-12(15)4-3-11(10)9-16-13-5-6-14(8-13)17-2/h3-4,7,13-14,16H,5-6,8-9H2,1-2H3. The number of thioether (sulfide) groups is 1. The maximum Gasteiger partial charge on any atom is 0.0408 e. The van der Waals surface area contributed by atoms with E-state index in [4.69, 9.17) is 11.6 Å². The van der Waals surface area contributed by atoms with Gasteiger partial charge in [-0.05, 0) is 55.7 Å². The largest absolute Gasteiger partial charge is 0.310 e. The monoisotopic (exact) mass is 269 g/mol. The van der Waals surface area contributed by atoms with Gasteiger partial charge in [0, 0.05) is 22.9 Å². The Morgan fingerprint density at radius 2 is 2.24 bits per heavy atom. The molecule has 0 bridgehead atoms. The Balaban J connectivity index is 1.86. The summed E-state index contributed by atoms with van der Waals surface area (Å²) in [6.07, 6.45) is 6.21. The lowest BCUT2D eigenvalue weighted by Gasteiger charge is -2.14. The highest BCUT2D eigenvalue weighted by atomic mass is 35.5. The second-order valence-electron chi connectivity index (χ2n) is 4.82. The summed E-state index contributed by atoms with van der Waals surface area (Å²) in [4.78, 5) is 0. The van der Waals surface area contributed by atoms with Gasteiger partial charge in [0.2, 0.25) is 0 Å². The van der Waals surface area contributed by atoms with E-state index >= 15 is 0 Å². The van der Waals surface area contributed by atoms with Crippen molar-refractivity contribution in [2.75, 3.05) is 6.26 Å². The summed E-state index contributed by atoms with van der Waals surface area (Å²) in [5.41, 5.74) is 2.64. The maximum absolute atomic E-state index is 5.96. The summed E-state index contributed by atoms with van der Waals surface area (Å²) in [6.45, 7) is 3.09. The topological polar surface area (TPSA) is 12.0 Å². The van der Waals surface area contributed by atoms with E-state index < -0.39 is 0 Å². The van der Waals surface area contributed by atoms with Crippen molar-refractivity contribution in [2.24, 2.45) is 0 Å². The minimum Gasteiger partial charge on any atom is -0.310 e. The number of nitrogens with one attached hydrogen (secondary N) is 1. The molecule has 3 heteroatoms. The zero-order chi connectivity index (χ0) is 12.3. The molecule has 1 nitrogen and oxygen atoms in total. The number of rotatable bonds is 4. The van der Waals surface area contributed by atoms with Gasteiger partial charge in [-0.2, -0.15) is 11.8 Å². The molecule has 0 aromatic heterocycles. The second kappa shape index (κ2) is 6.12. The van der Waals surface area contributed by atoms with E-state index in [0.717, 1.165) is 16.8 Å². The lowest BCUT2D eigenvalue weighted by molar-refractivity contribution is 0.524. The summed E-state index contributed by atoms with van der Waals surface area (Å²) >= 11 is 7.96. The molecule has 1 aromatic rings. The molecule has 94 valence electrons.